The summed E-state index contributed by atoms with van der Waals surface area (Å²) >= 11 is 6.71. The highest BCUT2D eigenvalue weighted by Gasteiger charge is 2.09. The van der Waals surface area contributed by atoms with Crippen LogP contribution in [0.15, 0.2) is 58.6 Å². The number of nitrogens with zero attached hydrogens (tertiary/aromatic N) is 3. The standard InChI is InChI=1S/C18H13BrN4OS2/c1-24-14-5-4-11(9-12(14)19)16-10-21-18(26-16)23-17-20-7-6-13(22-17)15-3-2-8-25-15/h2-10H,1H3,(H,20,21,22,23). The zero-order valence-corrected chi connectivity index (χ0v) is 16.9. The van der Waals surface area contributed by atoms with Gasteiger partial charge < -0.3 is 10.1 Å². The van der Waals surface area contributed by atoms with Gasteiger partial charge in [-0.15, -0.1) is 11.3 Å². The van der Waals surface area contributed by atoms with Crippen molar-refractivity contribution < 1.29 is 4.74 Å². The average Bonchev–Trinajstić information content (AvgIpc) is 3.34. The predicted octanol–water partition coefficient (Wildman–Crippen LogP) is 5.84. The molecule has 0 radical (unpaired) electrons. The second-order valence-corrected chi connectivity index (χ2v) is 8.08. The number of thiophene rings is 1. The maximum absolute atomic E-state index is 5.27. The van der Waals surface area contributed by atoms with Crippen molar-refractivity contribution in [3.63, 3.8) is 0 Å². The molecular weight excluding hydrogens is 432 g/mol. The van der Waals surface area contributed by atoms with Crippen LogP contribution in [0.4, 0.5) is 11.1 Å². The van der Waals surface area contributed by atoms with Gasteiger partial charge in [-0.3, -0.25) is 0 Å². The summed E-state index contributed by atoms with van der Waals surface area (Å²) in [6, 6.07) is 11.9. The Kier molecular flexibility index (Phi) is 4.96. The van der Waals surface area contributed by atoms with Gasteiger partial charge in [0.2, 0.25) is 5.95 Å². The average molecular weight is 445 g/mol. The van der Waals surface area contributed by atoms with Crippen molar-refractivity contribution in [3.8, 4) is 26.8 Å². The van der Waals surface area contributed by atoms with Gasteiger partial charge in [0.15, 0.2) is 5.13 Å². The number of hydrogen-bond acceptors (Lipinski definition) is 7. The quantitative estimate of drug-likeness (QED) is 0.418. The van der Waals surface area contributed by atoms with E-state index >= 15 is 0 Å². The number of halogens is 1. The summed E-state index contributed by atoms with van der Waals surface area (Å²) in [6.07, 6.45) is 3.59. The Morgan fingerprint density at radius 3 is 2.81 bits per heavy atom. The number of nitrogens with one attached hydrogen (secondary N) is 1. The van der Waals surface area contributed by atoms with Crippen molar-refractivity contribution in [2.45, 2.75) is 0 Å². The van der Waals surface area contributed by atoms with Crippen molar-refractivity contribution in [2.75, 3.05) is 12.4 Å². The Labute approximate surface area is 166 Å². The summed E-state index contributed by atoms with van der Waals surface area (Å²) in [5, 5.41) is 5.96. The lowest BCUT2D eigenvalue weighted by Gasteiger charge is -2.04. The molecule has 4 rings (SSSR count). The summed E-state index contributed by atoms with van der Waals surface area (Å²) < 4.78 is 6.18. The van der Waals surface area contributed by atoms with Crippen LogP contribution in [0.25, 0.3) is 21.0 Å². The topological polar surface area (TPSA) is 59.9 Å². The van der Waals surface area contributed by atoms with Crippen LogP contribution >= 0.6 is 38.6 Å². The second-order valence-electron chi connectivity index (χ2n) is 5.25. The van der Waals surface area contributed by atoms with Crippen LogP contribution < -0.4 is 10.1 Å². The number of aromatic nitrogens is 3. The highest BCUT2D eigenvalue weighted by atomic mass is 79.9. The van der Waals surface area contributed by atoms with E-state index in [1.54, 1.807) is 36.0 Å². The SMILES string of the molecule is COc1ccc(-c2cnc(Nc3nccc(-c4cccs4)n3)s2)cc1Br. The maximum atomic E-state index is 5.27. The third-order valence-corrected chi connectivity index (χ3v) is 6.06. The molecule has 130 valence electrons. The molecule has 4 aromatic rings. The molecule has 8 heteroatoms. The predicted molar refractivity (Wildman–Crippen MR) is 110 cm³/mol. The first-order chi connectivity index (χ1) is 12.7. The zero-order chi connectivity index (χ0) is 17.9. The molecule has 0 unspecified atom stereocenters. The fourth-order valence-corrected chi connectivity index (χ4v) is 4.40. The Hall–Kier alpha value is -2.29. The number of methoxy groups -OCH3 is 1. The number of rotatable bonds is 5. The fraction of sp³-hybridized carbons (Fsp3) is 0.0556. The van der Waals surface area contributed by atoms with E-state index in [9.17, 15) is 0 Å². The van der Waals surface area contributed by atoms with E-state index in [0.29, 0.717) is 5.95 Å². The van der Waals surface area contributed by atoms with E-state index in [1.165, 1.54) is 0 Å². The van der Waals surface area contributed by atoms with E-state index in [2.05, 4.69) is 36.2 Å². The van der Waals surface area contributed by atoms with Crippen LogP contribution in [0.1, 0.15) is 0 Å². The molecule has 0 amide bonds. The minimum absolute atomic E-state index is 0.535. The van der Waals surface area contributed by atoms with Crippen LogP contribution in [0.2, 0.25) is 0 Å². The number of thiazole rings is 1. The molecule has 3 heterocycles. The number of benzene rings is 1. The normalized spacial score (nSPS) is 10.7. The minimum Gasteiger partial charge on any atom is -0.496 e. The number of anilines is 2. The van der Waals surface area contributed by atoms with Crippen molar-refractivity contribution >= 4 is 49.7 Å². The zero-order valence-electron chi connectivity index (χ0n) is 13.6. The largest absolute Gasteiger partial charge is 0.496 e. The molecule has 1 N–H and O–H groups in total. The Morgan fingerprint density at radius 1 is 1.12 bits per heavy atom. The Balaban J connectivity index is 1.56. The van der Waals surface area contributed by atoms with Gasteiger partial charge in [0.25, 0.3) is 0 Å². The molecule has 0 fully saturated rings. The summed E-state index contributed by atoms with van der Waals surface area (Å²) in [6.45, 7) is 0. The van der Waals surface area contributed by atoms with Crippen molar-refractivity contribution in [1.82, 2.24) is 15.0 Å². The molecule has 0 bridgehead atoms. The molecule has 0 saturated heterocycles. The van der Waals surface area contributed by atoms with Crippen LogP contribution in [0.5, 0.6) is 5.75 Å². The van der Waals surface area contributed by atoms with Crippen LogP contribution in [0, 0.1) is 0 Å². The van der Waals surface area contributed by atoms with Gasteiger partial charge >= 0.3 is 0 Å². The molecule has 0 aliphatic rings. The molecular formula is C18H13BrN4OS2. The monoisotopic (exact) mass is 444 g/mol. The van der Waals surface area contributed by atoms with Gasteiger partial charge in [0.05, 0.1) is 27.0 Å². The van der Waals surface area contributed by atoms with E-state index in [1.807, 2.05) is 48.0 Å². The lowest BCUT2D eigenvalue weighted by Crippen LogP contribution is -1.96. The first-order valence-electron chi connectivity index (χ1n) is 7.66. The molecule has 26 heavy (non-hydrogen) atoms. The van der Waals surface area contributed by atoms with Crippen molar-refractivity contribution in [3.05, 3.63) is 58.6 Å². The van der Waals surface area contributed by atoms with Gasteiger partial charge in [0, 0.05) is 12.4 Å². The highest BCUT2D eigenvalue weighted by Crippen LogP contribution is 2.35. The first kappa shape index (κ1) is 17.1. The molecule has 0 aliphatic heterocycles. The molecule has 0 aliphatic carbocycles. The first-order valence-corrected chi connectivity index (χ1v) is 10.2. The molecule has 1 aromatic carbocycles. The number of hydrogen-bond donors (Lipinski definition) is 1. The van der Waals surface area contributed by atoms with Crippen molar-refractivity contribution in [1.29, 1.82) is 0 Å². The summed E-state index contributed by atoms with van der Waals surface area (Å²) in [7, 11) is 1.65. The maximum Gasteiger partial charge on any atom is 0.229 e. The van der Waals surface area contributed by atoms with Gasteiger partial charge in [-0.1, -0.05) is 17.4 Å². The summed E-state index contributed by atoms with van der Waals surface area (Å²) in [4.78, 5) is 15.4. The minimum atomic E-state index is 0.535. The van der Waals surface area contributed by atoms with Crippen LogP contribution in [-0.2, 0) is 0 Å². The van der Waals surface area contributed by atoms with Gasteiger partial charge in [-0.2, -0.15) is 0 Å². The smallest absolute Gasteiger partial charge is 0.229 e. The van der Waals surface area contributed by atoms with Crippen LogP contribution in [0.3, 0.4) is 0 Å². The molecule has 5 nitrogen and oxygen atoms in total. The fourth-order valence-electron chi connectivity index (χ4n) is 2.36. The number of ether oxygens (including phenoxy) is 1. The third kappa shape index (κ3) is 3.62. The highest BCUT2D eigenvalue weighted by molar-refractivity contribution is 9.10. The molecule has 3 aromatic heterocycles. The summed E-state index contributed by atoms with van der Waals surface area (Å²) in [5.74, 6) is 1.34. The van der Waals surface area contributed by atoms with Gasteiger partial charge in [-0.05, 0) is 57.2 Å². The van der Waals surface area contributed by atoms with E-state index in [0.717, 1.165) is 36.4 Å². The van der Waals surface area contributed by atoms with E-state index < -0.39 is 0 Å². The molecule has 0 saturated carbocycles. The van der Waals surface area contributed by atoms with Crippen LogP contribution in [-0.4, -0.2) is 22.1 Å². The third-order valence-electron chi connectivity index (χ3n) is 3.59. The van der Waals surface area contributed by atoms with Gasteiger partial charge in [-0.25, -0.2) is 15.0 Å². The van der Waals surface area contributed by atoms with Gasteiger partial charge in [0.1, 0.15) is 5.75 Å². The Bertz CT molecular complexity index is 1030. The summed E-state index contributed by atoms with van der Waals surface area (Å²) in [5.41, 5.74) is 1.96. The van der Waals surface area contributed by atoms with E-state index in [4.69, 9.17) is 4.74 Å². The second kappa shape index (κ2) is 7.53. The Morgan fingerprint density at radius 2 is 2.04 bits per heavy atom. The lowest BCUT2D eigenvalue weighted by molar-refractivity contribution is 0.412. The van der Waals surface area contributed by atoms with E-state index in [-0.39, 0.29) is 0 Å². The molecule has 0 atom stereocenters. The van der Waals surface area contributed by atoms with Crippen molar-refractivity contribution in [2.24, 2.45) is 0 Å². The molecule has 0 spiro atoms. The lowest BCUT2D eigenvalue weighted by atomic mass is 10.2.